The summed E-state index contributed by atoms with van der Waals surface area (Å²) in [5, 5.41) is 11.5. The fraction of sp³-hybridized carbons (Fsp3) is 0.429. The Kier molecular flexibility index (Phi) is 4.22. The van der Waals surface area contributed by atoms with Gasteiger partial charge in [0.25, 0.3) is 0 Å². The third kappa shape index (κ3) is 3.26. The van der Waals surface area contributed by atoms with E-state index in [1.807, 2.05) is 0 Å². The molecule has 0 radical (unpaired) electrons. The van der Waals surface area contributed by atoms with Crippen LogP contribution < -0.4 is 5.32 Å². The van der Waals surface area contributed by atoms with E-state index in [9.17, 15) is 14.0 Å². The maximum absolute atomic E-state index is 13.3. The van der Waals surface area contributed by atoms with Crippen LogP contribution in [0.1, 0.15) is 30.1 Å². The quantitative estimate of drug-likeness (QED) is 0.875. The number of nitrogens with one attached hydrogen (secondary N) is 1. The molecule has 20 heavy (non-hydrogen) atoms. The Labute approximate surface area is 116 Å². The zero-order valence-electron chi connectivity index (χ0n) is 11.2. The average Bonchev–Trinajstić information content (AvgIpc) is 2.40. The van der Waals surface area contributed by atoms with E-state index in [0.717, 1.165) is 25.0 Å². The Morgan fingerprint density at radius 3 is 2.85 bits per heavy atom. The van der Waals surface area contributed by atoms with Crippen LogP contribution in [0.3, 0.4) is 0 Å². The van der Waals surface area contributed by atoms with Gasteiger partial charge in [0.05, 0.1) is 5.56 Å². The highest BCUT2D eigenvalue weighted by Crippen LogP contribution is 2.18. The fourth-order valence-electron chi connectivity index (χ4n) is 2.34. The highest BCUT2D eigenvalue weighted by molar-refractivity contribution is 5.93. The Balaban J connectivity index is 2.07. The lowest BCUT2D eigenvalue weighted by Crippen LogP contribution is -2.41. The van der Waals surface area contributed by atoms with Crippen molar-refractivity contribution in [3.8, 4) is 0 Å². The number of halogens is 1. The first kappa shape index (κ1) is 14.3. The molecule has 2 amide bonds. The Hall–Kier alpha value is -2.11. The van der Waals surface area contributed by atoms with Gasteiger partial charge in [-0.05, 0) is 37.0 Å². The summed E-state index contributed by atoms with van der Waals surface area (Å²) in [5.74, 6) is -1.72. The molecule has 1 saturated heterocycles. The molecule has 108 valence electrons. The van der Waals surface area contributed by atoms with E-state index >= 15 is 0 Å². The second kappa shape index (κ2) is 5.90. The van der Waals surface area contributed by atoms with Crippen LogP contribution in [0.5, 0.6) is 0 Å². The molecule has 1 aromatic rings. The molecule has 0 bridgehead atoms. The summed E-state index contributed by atoms with van der Waals surface area (Å²) in [6.45, 7) is 3.45. The number of benzene rings is 1. The van der Waals surface area contributed by atoms with E-state index in [1.165, 1.54) is 6.07 Å². The highest BCUT2D eigenvalue weighted by atomic mass is 19.1. The summed E-state index contributed by atoms with van der Waals surface area (Å²) in [6.07, 6.45) is 2.06. The Morgan fingerprint density at radius 1 is 1.45 bits per heavy atom. The molecule has 0 spiro atoms. The van der Waals surface area contributed by atoms with Gasteiger partial charge in [-0.2, -0.15) is 0 Å². The summed E-state index contributed by atoms with van der Waals surface area (Å²) in [6, 6.07) is 3.24. The SMILES string of the molecule is CC1CCCN(C(=O)Nc2ccc(F)c(C(=O)O)c2)C1. The number of likely N-dealkylation sites (tertiary alicyclic amines) is 1. The number of rotatable bonds is 2. The molecule has 0 aromatic heterocycles. The van der Waals surface area contributed by atoms with Crippen LogP contribution in [0.15, 0.2) is 18.2 Å². The normalized spacial score (nSPS) is 18.7. The summed E-state index contributed by atoms with van der Waals surface area (Å²) >= 11 is 0. The van der Waals surface area contributed by atoms with E-state index in [2.05, 4.69) is 12.2 Å². The smallest absolute Gasteiger partial charge is 0.338 e. The van der Waals surface area contributed by atoms with Gasteiger partial charge in [0.15, 0.2) is 0 Å². The van der Waals surface area contributed by atoms with Crippen molar-refractivity contribution in [1.82, 2.24) is 4.90 Å². The minimum atomic E-state index is -1.36. The number of piperidine rings is 1. The number of carbonyl (C=O) groups excluding carboxylic acids is 1. The number of aromatic carboxylic acids is 1. The summed E-state index contributed by atoms with van der Waals surface area (Å²) in [5.41, 5.74) is -0.165. The first-order valence-corrected chi connectivity index (χ1v) is 6.56. The van der Waals surface area contributed by atoms with Crippen molar-refractivity contribution in [3.05, 3.63) is 29.6 Å². The molecule has 1 aromatic carbocycles. The number of carboxylic acid groups (broad SMARTS) is 1. The monoisotopic (exact) mass is 280 g/mol. The minimum Gasteiger partial charge on any atom is -0.478 e. The predicted molar refractivity (Wildman–Crippen MR) is 72.3 cm³/mol. The number of hydrogen-bond acceptors (Lipinski definition) is 2. The van der Waals surface area contributed by atoms with Crippen LogP contribution in [0, 0.1) is 11.7 Å². The molecule has 0 saturated carbocycles. The molecule has 1 heterocycles. The van der Waals surface area contributed by atoms with Gasteiger partial charge < -0.3 is 15.3 Å². The Bertz CT molecular complexity index is 533. The first-order chi connectivity index (χ1) is 9.47. The maximum Gasteiger partial charge on any atom is 0.338 e. The number of anilines is 1. The van der Waals surface area contributed by atoms with Crippen molar-refractivity contribution >= 4 is 17.7 Å². The van der Waals surface area contributed by atoms with Gasteiger partial charge in [0.1, 0.15) is 5.82 Å². The number of carboxylic acids is 1. The molecule has 2 N–H and O–H groups in total. The fourth-order valence-corrected chi connectivity index (χ4v) is 2.34. The topological polar surface area (TPSA) is 69.6 Å². The van der Waals surface area contributed by atoms with Crippen molar-refractivity contribution in [2.75, 3.05) is 18.4 Å². The molecular weight excluding hydrogens is 263 g/mol. The predicted octanol–water partition coefficient (Wildman–Crippen LogP) is 2.79. The number of amides is 2. The number of urea groups is 1. The standard InChI is InChI=1S/C14H17FN2O3/c1-9-3-2-6-17(8-9)14(20)16-10-4-5-12(15)11(7-10)13(18)19/h4-5,7,9H,2-3,6,8H2,1H3,(H,16,20)(H,18,19). The molecule has 1 atom stereocenters. The van der Waals surface area contributed by atoms with Crippen LogP contribution in [0.25, 0.3) is 0 Å². The first-order valence-electron chi connectivity index (χ1n) is 6.56. The van der Waals surface area contributed by atoms with Gasteiger partial charge in [-0.15, -0.1) is 0 Å². The van der Waals surface area contributed by atoms with Crippen LogP contribution in [0.4, 0.5) is 14.9 Å². The summed E-state index contributed by atoms with van der Waals surface area (Å²) < 4.78 is 13.3. The van der Waals surface area contributed by atoms with E-state index < -0.39 is 17.3 Å². The van der Waals surface area contributed by atoms with Crippen molar-refractivity contribution < 1.29 is 19.1 Å². The van der Waals surface area contributed by atoms with Gasteiger partial charge in [-0.3, -0.25) is 0 Å². The van der Waals surface area contributed by atoms with Crippen LogP contribution in [-0.2, 0) is 0 Å². The molecule has 1 fully saturated rings. The molecule has 6 heteroatoms. The van der Waals surface area contributed by atoms with E-state index in [-0.39, 0.29) is 11.7 Å². The third-order valence-corrected chi connectivity index (χ3v) is 3.39. The highest BCUT2D eigenvalue weighted by Gasteiger charge is 2.21. The van der Waals surface area contributed by atoms with Gasteiger partial charge >= 0.3 is 12.0 Å². The van der Waals surface area contributed by atoms with Gasteiger partial charge in [0.2, 0.25) is 0 Å². The van der Waals surface area contributed by atoms with Crippen LogP contribution in [0.2, 0.25) is 0 Å². The van der Waals surface area contributed by atoms with Gasteiger partial charge in [-0.25, -0.2) is 14.0 Å². The van der Waals surface area contributed by atoms with Crippen molar-refractivity contribution in [1.29, 1.82) is 0 Å². The number of hydrogen-bond donors (Lipinski definition) is 2. The van der Waals surface area contributed by atoms with E-state index in [0.29, 0.717) is 19.0 Å². The lowest BCUT2D eigenvalue weighted by atomic mass is 10.0. The zero-order chi connectivity index (χ0) is 14.7. The number of carbonyl (C=O) groups is 2. The molecule has 1 aliphatic rings. The van der Waals surface area contributed by atoms with Crippen LogP contribution in [-0.4, -0.2) is 35.1 Å². The lowest BCUT2D eigenvalue weighted by molar-refractivity contribution is 0.0692. The molecule has 1 unspecified atom stereocenters. The number of nitrogens with zero attached hydrogens (tertiary/aromatic N) is 1. The van der Waals surface area contributed by atoms with E-state index in [4.69, 9.17) is 5.11 Å². The average molecular weight is 280 g/mol. The molecular formula is C14H17FN2O3. The van der Waals surface area contributed by atoms with Crippen molar-refractivity contribution in [2.24, 2.45) is 5.92 Å². The van der Waals surface area contributed by atoms with Crippen LogP contribution >= 0.6 is 0 Å². The van der Waals surface area contributed by atoms with Crippen molar-refractivity contribution in [3.63, 3.8) is 0 Å². The molecule has 0 aliphatic carbocycles. The largest absolute Gasteiger partial charge is 0.478 e. The summed E-state index contributed by atoms with van der Waals surface area (Å²) in [4.78, 5) is 24.6. The van der Waals surface area contributed by atoms with Gasteiger partial charge in [0, 0.05) is 18.8 Å². The molecule has 1 aliphatic heterocycles. The Morgan fingerprint density at radius 2 is 2.20 bits per heavy atom. The molecule has 5 nitrogen and oxygen atoms in total. The zero-order valence-corrected chi connectivity index (χ0v) is 11.2. The minimum absolute atomic E-state index is 0.278. The van der Waals surface area contributed by atoms with E-state index in [1.54, 1.807) is 4.90 Å². The van der Waals surface area contributed by atoms with Gasteiger partial charge in [-0.1, -0.05) is 6.92 Å². The third-order valence-electron chi connectivity index (χ3n) is 3.39. The lowest BCUT2D eigenvalue weighted by Gasteiger charge is -2.30. The maximum atomic E-state index is 13.3. The second-order valence-corrected chi connectivity index (χ2v) is 5.12. The molecule has 2 rings (SSSR count). The second-order valence-electron chi connectivity index (χ2n) is 5.12. The van der Waals surface area contributed by atoms with Crippen molar-refractivity contribution in [2.45, 2.75) is 19.8 Å². The summed E-state index contributed by atoms with van der Waals surface area (Å²) in [7, 11) is 0.